The van der Waals surface area contributed by atoms with E-state index in [4.69, 9.17) is 10.2 Å². The molecule has 0 aromatic carbocycles. The lowest BCUT2D eigenvalue weighted by Gasteiger charge is -2.35. The van der Waals surface area contributed by atoms with Crippen LogP contribution < -0.4 is 10.6 Å². The summed E-state index contributed by atoms with van der Waals surface area (Å²) in [6.07, 6.45) is 3.44. The van der Waals surface area contributed by atoms with Crippen molar-refractivity contribution in [3.05, 3.63) is 0 Å². The van der Waals surface area contributed by atoms with Crippen LogP contribution in [-0.4, -0.2) is 40.3 Å². The lowest BCUT2D eigenvalue weighted by molar-refractivity contribution is -0.145. The van der Waals surface area contributed by atoms with Gasteiger partial charge in [0.25, 0.3) is 0 Å². The lowest BCUT2D eigenvalue weighted by atomic mass is 9.78. The second kappa shape index (κ2) is 7.85. The van der Waals surface area contributed by atoms with Crippen molar-refractivity contribution >= 4 is 18.0 Å². The summed E-state index contributed by atoms with van der Waals surface area (Å²) in [5.41, 5.74) is 0. The van der Waals surface area contributed by atoms with Crippen LogP contribution in [0.3, 0.4) is 0 Å². The monoisotopic (exact) mass is 300 g/mol. The predicted molar refractivity (Wildman–Crippen MR) is 75.9 cm³/mol. The summed E-state index contributed by atoms with van der Waals surface area (Å²) in [7, 11) is 0. The van der Waals surface area contributed by atoms with E-state index in [0.717, 1.165) is 25.7 Å². The van der Waals surface area contributed by atoms with E-state index in [1.54, 1.807) is 0 Å². The van der Waals surface area contributed by atoms with Gasteiger partial charge < -0.3 is 20.8 Å². The normalized spacial score (nSPS) is 23.4. The summed E-state index contributed by atoms with van der Waals surface area (Å²) >= 11 is 0. The van der Waals surface area contributed by atoms with E-state index in [-0.39, 0.29) is 6.04 Å². The molecule has 0 saturated heterocycles. The fourth-order valence-corrected chi connectivity index (χ4v) is 2.88. The number of hydrogen-bond donors (Lipinski definition) is 4. The second-order valence-electron chi connectivity index (χ2n) is 5.91. The van der Waals surface area contributed by atoms with Crippen molar-refractivity contribution in [3.8, 4) is 0 Å². The van der Waals surface area contributed by atoms with Gasteiger partial charge in [-0.3, -0.25) is 4.79 Å². The molecule has 1 rings (SSSR count). The van der Waals surface area contributed by atoms with Gasteiger partial charge in [0.1, 0.15) is 6.04 Å². The highest BCUT2D eigenvalue weighted by Gasteiger charge is 2.30. The predicted octanol–water partition coefficient (Wildman–Crippen LogP) is 1.43. The molecule has 7 nitrogen and oxygen atoms in total. The fraction of sp³-hybridized carbons (Fsp3) is 0.786. The van der Waals surface area contributed by atoms with Crippen molar-refractivity contribution in [1.29, 1.82) is 0 Å². The second-order valence-corrected chi connectivity index (χ2v) is 5.91. The Kier molecular flexibility index (Phi) is 6.45. The zero-order valence-corrected chi connectivity index (χ0v) is 12.5. The van der Waals surface area contributed by atoms with E-state index in [1.165, 1.54) is 0 Å². The maximum Gasteiger partial charge on any atom is 0.326 e. The van der Waals surface area contributed by atoms with Crippen LogP contribution >= 0.6 is 0 Å². The smallest absolute Gasteiger partial charge is 0.326 e. The van der Waals surface area contributed by atoms with Crippen LogP contribution in [0.4, 0.5) is 4.79 Å². The van der Waals surface area contributed by atoms with Gasteiger partial charge in [-0.25, -0.2) is 9.59 Å². The molecule has 0 aromatic rings. The molecule has 0 heterocycles. The van der Waals surface area contributed by atoms with E-state index in [0.29, 0.717) is 11.8 Å². The Morgan fingerprint density at radius 1 is 1.14 bits per heavy atom. The van der Waals surface area contributed by atoms with Crippen LogP contribution in [0.1, 0.15) is 46.0 Å². The molecule has 120 valence electrons. The largest absolute Gasteiger partial charge is 0.481 e. The number of amides is 2. The minimum absolute atomic E-state index is 0.0121. The van der Waals surface area contributed by atoms with Crippen molar-refractivity contribution < 1.29 is 24.6 Å². The molecule has 1 aliphatic carbocycles. The fourth-order valence-electron chi connectivity index (χ4n) is 2.88. The van der Waals surface area contributed by atoms with Gasteiger partial charge in [0.05, 0.1) is 6.42 Å². The van der Waals surface area contributed by atoms with E-state index in [2.05, 4.69) is 24.5 Å². The molecule has 0 radical (unpaired) electrons. The molecule has 0 spiro atoms. The Balaban J connectivity index is 2.57. The molecule has 4 N–H and O–H groups in total. The molecule has 21 heavy (non-hydrogen) atoms. The molecule has 0 aliphatic heterocycles. The molecule has 0 bridgehead atoms. The SMILES string of the molecule is CC(C)C1CCCCC1NC(=O)N[C@H](CC(=O)O)C(=O)O. The molecular weight excluding hydrogens is 276 g/mol. The maximum atomic E-state index is 11.9. The van der Waals surface area contributed by atoms with Gasteiger partial charge in [-0.2, -0.15) is 0 Å². The highest BCUT2D eigenvalue weighted by molar-refractivity contribution is 5.86. The third kappa shape index (κ3) is 5.61. The summed E-state index contributed by atoms with van der Waals surface area (Å²) in [6.45, 7) is 4.21. The third-order valence-electron chi connectivity index (χ3n) is 3.97. The summed E-state index contributed by atoms with van der Waals surface area (Å²) in [6, 6.07) is -2.01. The number of carboxylic acids is 2. The van der Waals surface area contributed by atoms with Crippen molar-refractivity contribution in [1.82, 2.24) is 10.6 Å². The first-order valence-corrected chi connectivity index (χ1v) is 7.33. The van der Waals surface area contributed by atoms with Gasteiger partial charge >= 0.3 is 18.0 Å². The number of rotatable bonds is 6. The lowest BCUT2D eigenvalue weighted by Crippen LogP contribution is -2.52. The standard InChI is InChI=1S/C14H24N2O5/c1-8(2)9-5-3-4-6-10(9)15-14(21)16-11(13(19)20)7-12(17)18/h8-11H,3-7H2,1-2H3,(H,17,18)(H,19,20)(H2,15,16,21)/t9?,10?,11-/m1/s1. The minimum Gasteiger partial charge on any atom is -0.481 e. The van der Waals surface area contributed by atoms with Gasteiger partial charge in [-0.05, 0) is 24.7 Å². The van der Waals surface area contributed by atoms with Gasteiger partial charge in [0, 0.05) is 6.04 Å². The Hall–Kier alpha value is -1.79. The molecule has 1 saturated carbocycles. The first-order chi connectivity index (χ1) is 9.81. The van der Waals surface area contributed by atoms with Crippen LogP contribution in [0.25, 0.3) is 0 Å². The molecule has 0 aromatic heterocycles. The van der Waals surface area contributed by atoms with Crippen molar-refractivity contribution in [2.45, 2.75) is 58.0 Å². The number of carbonyl (C=O) groups is 3. The quantitative estimate of drug-likeness (QED) is 0.592. The zero-order valence-electron chi connectivity index (χ0n) is 12.5. The van der Waals surface area contributed by atoms with Crippen LogP contribution in [0.15, 0.2) is 0 Å². The van der Waals surface area contributed by atoms with Crippen molar-refractivity contribution in [2.24, 2.45) is 11.8 Å². The summed E-state index contributed by atoms with van der Waals surface area (Å²) in [4.78, 5) is 33.4. The topological polar surface area (TPSA) is 116 Å². The zero-order chi connectivity index (χ0) is 16.0. The average Bonchev–Trinajstić information content (AvgIpc) is 2.37. The molecule has 2 unspecified atom stereocenters. The van der Waals surface area contributed by atoms with Crippen LogP contribution in [0.5, 0.6) is 0 Å². The highest BCUT2D eigenvalue weighted by atomic mass is 16.4. The van der Waals surface area contributed by atoms with Crippen molar-refractivity contribution in [2.75, 3.05) is 0 Å². The Labute approximate surface area is 124 Å². The molecule has 2 amide bonds. The van der Waals surface area contributed by atoms with E-state index >= 15 is 0 Å². The number of hydrogen-bond acceptors (Lipinski definition) is 3. The Morgan fingerprint density at radius 2 is 1.76 bits per heavy atom. The van der Waals surface area contributed by atoms with Crippen LogP contribution in [0, 0.1) is 11.8 Å². The average molecular weight is 300 g/mol. The van der Waals surface area contributed by atoms with E-state index < -0.39 is 30.4 Å². The number of nitrogens with one attached hydrogen (secondary N) is 2. The van der Waals surface area contributed by atoms with Crippen LogP contribution in [-0.2, 0) is 9.59 Å². The first kappa shape index (κ1) is 17.3. The number of urea groups is 1. The first-order valence-electron chi connectivity index (χ1n) is 7.33. The molecular formula is C14H24N2O5. The summed E-state index contributed by atoms with van der Waals surface area (Å²) in [5, 5.41) is 22.6. The van der Waals surface area contributed by atoms with Gasteiger partial charge in [-0.15, -0.1) is 0 Å². The number of carbonyl (C=O) groups excluding carboxylic acids is 1. The van der Waals surface area contributed by atoms with Gasteiger partial charge in [-0.1, -0.05) is 26.7 Å². The van der Waals surface area contributed by atoms with E-state index in [9.17, 15) is 14.4 Å². The summed E-state index contributed by atoms with van der Waals surface area (Å²) in [5.74, 6) is -1.81. The van der Waals surface area contributed by atoms with Gasteiger partial charge in [0.15, 0.2) is 0 Å². The van der Waals surface area contributed by atoms with Crippen LogP contribution in [0.2, 0.25) is 0 Å². The Bertz CT molecular complexity index is 397. The maximum absolute atomic E-state index is 11.9. The van der Waals surface area contributed by atoms with Crippen molar-refractivity contribution in [3.63, 3.8) is 0 Å². The third-order valence-corrected chi connectivity index (χ3v) is 3.97. The Morgan fingerprint density at radius 3 is 2.29 bits per heavy atom. The molecule has 1 aliphatic rings. The highest BCUT2D eigenvalue weighted by Crippen LogP contribution is 2.30. The number of aliphatic carboxylic acids is 2. The van der Waals surface area contributed by atoms with Gasteiger partial charge in [0.2, 0.25) is 0 Å². The molecule has 1 fully saturated rings. The summed E-state index contributed by atoms with van der Waals surface area (Å²) < 4.78 is 0. The molecule has 3 atom stereocenters. The molecule has 7 heteroatoms. The van der Waals surface area contributed by atoms with E-state index in [1.807, 2.05) is 0 Å². The number of carboxylic acid groups (broad SMARTS) is 2. The minimum atomic E-state index is -1.41.